The minimum atomic E-state index is -3.68. The summed E-state index contributed by atoms with van der Waals surface area (Å²) in [5, 5.41) is 9.35. The molecule has 0 spiro atoms. The predicted octanol–water partition coefficient (Wildman–Crippen LogP) is 6.02. The Kier molecular flexibility index (Phi) is 9.14. The minimum absolute atomic E-state index is 0.0735. The second kappa shape index (κ2) is 13.0. The van der Waals surface area contributed by atoms with Crippen LogP contribution in [-0.4, -0.2) is 48.8 Å². The van der Waals surface area contributed by atoms with Crippen molar-refractivity contribution < 1.29 is 17.9 Å². The van der Waals surface area contributed by atoms with Crippen molar-refractivity contribution in [2.75, 3.05) is 30.8 Å². The van der Waals surface area contributed by atoms with E-state index in [-0.39, 0.29) is 27.6 Å². The van der Waals surface area contributed by atoms with E-state index in [2.05, 4.69) is 25.9 Å². The minimum Gasteiger partial charge on any atom is -0.495 e. The number of nitrogens with one attached hydrogen (secondary N) is 3. The molecule has 0 bridgehead atoms. The third-order valence-corrected chi connectivity index (χ3v) is 9.40. The molecule has 3 N–H and O–H groups in total. The van der Waals surface area contributed by atoms with Gasteiger partial charge in [-0.3, -0.25) is 4.79 Å². The smallest absolute Gasteiger partial charge is 0.245 e. The molecule has 1 amide bonds. The molecular weight excluding hydrogens is 588 g/mol. The number of halogens is 1. The van der Waals surface area contributed by atoms with Crippen LogP contribution in [0, 0.1) is 6.92 Å². The molecule has 43 heavy (non-hydrogen) atoms. The summed E-state index contributed by atoms with van der Waals surface area (Å²) in [4.78, 5) is 20.3. The van der Waals surface area contributed by atoms with Crippen molar-refractivity contribution in [1.29, 1.82) is 0 Å². The second-order valence-electron chi connectivity index (χ2n) is 10.2. The molecule has 1 aliphatic rings. The van der Waals surface area contributed by atoms with E-state index in [4.69, 9.17) is 16.3 Å². The number of carbonyl (C=O) groups excluding carboxylic acids is 1. The number of benzene rings is 3. The fraction of sp³-hybridized carbons (Fsp3) is 0.258. The van der Waals surface area contributed by atoms with Crippen molar-refractivity contribution in [1.82, 2.24) is 19.6 Å². The van der Waals surface area contributed by atoms with Crippen LogP contribution in [0.25, 0.3) is 11.1 Å². The van der Waals surface area contributed by atoms with Crippen molar-refractivity contribution >= 4 is 50.7 Å². The monoisotopic (exact) mass is 620 g/mol. The van der Waals surface area contributed by atoms with Crippen molar-refractivity contribution in [2.45, 2.75) is 38.1 Å². The zero-order chi connectivity index (χ0) is 30.6. The molecule has 1 aromatic heterocycles. The summed E-state index contributed by atoms with van der Waals surface area (Å²) >= 11 is 6.44. The Bertz CT molecular complexity index is 1740. The Labute approximate surface area is 256 Å². The summed E-state index contributed by atoms with van der Waals surface area (Å²) in [6.45, 7) is 4.97. The first-order valence-corrected chi connectivity index (χ1v) is 15.7. The van der Waals surface area contributed by atoms with Crippen LogP contribution in [0.4, 0.5) is 23.1 Å². The number of hydrogen-bond donors (Lipinski definition) is 3. The van der Waals surface area contributed by atoms with Crippen molar-refractivity contribution in [3.05, 3.63) is 83.0 Å². The summed E-state index contributed by atoms with van der Waals surface area (Å²) in [5.74, 6) is 1.02. The van der Waals surface area contributed by atoms with E-state index in [1.807, 2.05) is 43.3 Å². The number of anilines is 4. The number of methoxy groups -OCH3 is 1. The summed E-state index contributed by atoms with van der Waals surface area (Å²) in [6.07, 6.45) is 3.14. The van der Waals surface area contributed by atoms with Gasteiger partial charge in [-0.2, -0.15) is 9.29 Å². The van der Waals surface area contributed by atoms with Crippen LogP contribution in [0.1, 0.15) is 30.9 Å². The van der Waals surface area contributed by atoms with E-state index in [1.54, 1.807) is 31.4 Å². The average Bonchev–Trinajstić information content (AvgIpc) is 3.55. The fourth-order valence-electron chi connectivity index (χ4n) is 4.92. The Morgan fingerprint density at radius 2 is 1.74 bits per heavy atom. The predicted molar refractivity (Wildman–Crippen MR) is 169 cm³/mol. The molecule has 1 aliphatic heterocycles. The quantitative estimate of drug-likeness (QED) is 0.196. The maximum atomic E-state index is 13.3. The first-order valence-electron chi connectivity index (χ1n) is 13.8. The topological polar surface area (TPSA) is 126 Å². The van der Waals surface area contributed by atoms with Gasteiger partial charge in [0.05, 0.1) is 24.7 Å². The van der Waals surface area contributed by atoms with Gasteiger partial charge in [0.2, 0.25) is 21.9 Å². The largest absolute Gasteiger partial charge is 0.495 e. The van der Waals surface area contributed by atoms with Gasteiger partial charge < -0.3 is 20.7 Å². The van der Waals surface area contributed by atoms with Crippen LogP contribution in [0.3, 0.4) is 0 Å². The number of carbonyl (C=O) groups is 1. The summed E-state index contributed by atoms with van der Waals surface area (Å²) in [6, 6.07) is 18.6. The van der Waals surface area contributed by atoms with Gasteiger partial charge >= 0.3 is 0 Å². The second-order valence-corrected chi connectivity index (χ2v) is 12.5. The molecule has 0 radical (unpaired) electrons. The molecule has 1 fully saturated rings. The number of amides is 1. The van der Waals surface area contributed by atoms with Crippen LogP contribution in [0.5, 0.6) is 5.75 Å². The van der Waals surface area contributed by atoms with Gasteiger partial charge in [0, 0.05) is 26.6 Å². The molecule has 4 aromatic rings. The first kappa shape index (κ1) is 30.3. The van der Waals surface area contributed by atoms with Crippen LogP contribution in [0.2, 0.25) is 5.02 Å². The van der Waals surface area contributed by atoms with Crippen LogP contribution >= 0.6 is 11.6 Å². The first-order chi connectivity index (χ1) is 20.7. The average molecular weight is 621 g/mol. The highest BCUT2D eigenvalue weighted by atomic mass is 35.5. The molecular formula is C31H33ClN6O4S. The maximum Gasteiger partial charge on any atom is 0.245 e. The van der Waals surface area contributed by atoms with Crippen LogP contribution in [0.15, 0.2) is 71.8 Å². The van der Waals surface area contributed by atoms with Crippen molar-refractivity contribution in [3.8, 4) is 16.9 Å². The maximum absolute atomic E-state index is 13.3. The summed E-state index contributed by atoms with van der Waals surface area (Å²) in [7, 11) is -2.09. The number of hydrogen-bond acceptors (Lipinski definition) is 8. The van der Waals surface area contributed by atoms with Gasteiger partial charge in [-0.15, -0.1) is 0 Å². The highest BCUT2D eigenvalue weighted by Gasteiger charge is 2.29. The van der Waals surface area contributed by atoms with Crippen LogP contribution in [-0.2, 0) is 21.4 Å². The molecule has 0 atom stereocenters. The Morgan fingerprint density at radius 1 is 1.02 bits per heavy atom. The normalized spacial score (nSPS) is 13.5. The fourth-order valence-corrected chi connectivity index (χ4v) is 6.72. The Morgan fingerprint density at radius 3 is 2.44 bits per heavy atom. The summed E-state index contributed by atoms with van der Waals surface area (Å²) in [5.41, 5.74) is 5.02. The molecule has 12 heteroatoms. The van der Waals surface area contributed by atoms with E-state index in [9.17, 15) is 13.2 Å². The number of nitrogens with zero attached hydrogens (tertiary/aromatic N) is 3. The molecule has 1 saturated heterocycles. The highest BCUT2D eigenvalue weighted by Crippen LogP contribution is 2.36. The zero-order valence-electron chi connectivity index (χ0n) is 24.1. The van der Waals surface area contributed by atoms with Gasteiger partial charge in [-0.05, 0) is 66.3 Å². The van der Waals surface area contributed by atoms with Gasteiger partial charge in [-0.1, -0.05) is 48.0 Å². The summed E-state index contributed by atoms with van der Waals surface area (Å²) < 4.78 is 33.8. The number of ether oxygens (including phenoxy) is 1. The van der Waals surface area contributed by atoms with Crippen molar-refractivity contribution in [3.63, 3.8) is 0 Å². The van der Waals surface area contributed by atoms with Crippen molar-refractivity contribution in [2.24, 2.45) is 0 Å². The lowest BCUT2D eigenvalue weighted by atomic mass is 9.98. The van der Waals surface area contributed by atoms with E-state index in [1.165, 1.54) is 17.4 Å². The Hall–Kier alpha value is -4.19. The Balaban J connectivity index is 1.39. The van der Waals surface area contributed by atoms with Gasteiger partial charge in [0.1, 0.15) is 15.7 Å². The SMILES string of the molecule is COc1cc(-c2ccc(CNC(C)=O)cc2)c(C)cc1Nc1ncc(Cl)c(Nc2ccccc2S(=O)(=O)N2CCCC2)n1. The molecule has 2 heterocycles. The van der Waals surface area contributed by atoms with Gasteiger partial charge in [0.25, 0.3) is 0 Å². The molecule has 0 saturated carbocycles. The lowest BCUT2D eigenvalue weighted by Crippen LogP contribution is -2.28. The molecule has 224 valence electrons. The third-order valence-electron chi connectivity index (χ3n) is 7.17. The van der Waals surface area contributed by atoms with E-state index >= 15 is 0 Å². The van der Waals surface area contributed by atoms with E-state index in [0.29, 0.717) is 36.8 Å². The number of aromatic nitrogens is 2. The molecule has 5 rings (SSSR count). The number of para-hydroxylation sites is 1. The van der Waals surface area contributed by atoms with E-state index in [0.717, 1.165) is 35.1 Å². The molecule has 0 unspecified atom stereocenters. The van der Waals surface area contributed by atoms with E-state index < -0.39 is 10.0 Å². The van der Waals surface area contributed by atoms with Gasteiger partial charge in [-0.25, -0.2) is 13.4 Å². The third kappa shape index (κ3) is 6.90. The lowest BCUT2D eigenvalue weighted by molar-refractivity contribution is -0.119. The number of sulfonamides is 1. The van der Waals surface area contributed by atoms with Crippen LogP contribution < -0.4 is 20.7 Å². The number of rotatable bonds is 10. The molecule has 10 nitrogen and oxygen atoms in total. The standard InChI is InChI=1S/C31H33ClN6O4S/c1-20-16-27(28(42-3)17-24(20)23-12-10-22(11-13-23)18-33-21(2)39)36-31-34-19-25(32)30(37-31)35-26-8-4-5-9-29(26)43(40,41)38-14-6-7-15-38/h4-5,8-13,16-17,19H,6-7,14-15,18H2,1-3H3,(H,33,39)(H2,34,35,36,37). The molecule has 3 aromatic carbocycles. The van der Waals surface area contributed by atoms with Gasteiger partial charge in [0.15, 0.2) is 5.82 Å². The number of aryl methyl sites for hydroxylation is 1. The lowest BCUT2D eigenvalue weighted by Gasteiger charge is -2.19. The molecule has 0 aliphatic carbocycles. The zero-order valence-corrected chi connectivity index (χ0v) is 25.7. The highest BCUT2D eigenvalue weighted by molar-refractivity contribution is 7.89.